The molecule has 0 saturated carbocycles. The van der Waals surface area contributed by atoms with Crippen molar-refractivity contribution in [1.82, 2.24) is 0 Å². The molecule has 0 spiro atoms. The summed E-state index contributed by atoms with van der Waals surface area (Å²) in [6, 6.07) is 0. The van der Waals surface area contributed by atoms with Crippen LogP contribution in [-0.2, 0) is 4.79 Å². The Kier molecular flexibility index (Phi) is 6.43. The molecule has 0 bridgehead atoms. The van der Waals surface area contributed by atoms with Gasteiger partial charge in [0.15, 0.2) is 0 Å². The van der Waals surface area contributed by atoms with E-state index in [2.05, 4.69) is 48.5 Å². The van der Waals surface area contributed by atoms with Gasteiger partial charge in [0, 0.05) is 12.3 Å². The van der Waals surface area contributed by atoms with Crippen molar-refractivity contribution in [3.63, 3.8) is 0 Å². The van der Waals surface area contributed by atoms with Crippen LogP contribution >= 0.6 is 0 Å². The third kappa shape index (κ3) is 9.38. The summed E-state index contributed by atoms with van der Waals surface area (Å²) in [6.07, 6.45) is 5.18. The van der Waals surface area contributed by atoms with Crippen LogP contribution in [0.25, 0.3) is 0 Å². The summed E-state index contributed by atoms with van der Waals surface area (Å²) < 4.78 is 0. The maximum absolute atomic E-state index is 12.3. The molecule has 17 heavy (non-hydrogen) atoms. The van der Waals surface area contributed by atoms with Gasteiger partial charge in [0.1, 0.15) is 5.78 Å². The van der Waals surface area contributed by atoms with Crippen molar-refractivity contribution in [2.45, 2.75) is 80.6 Å². The molecule has 0 aromatic carbocycles. The summed E-state index contributed by atoms with van der Waals surface area (Å²) in [5.41, 5.74) is 0.380. The Bertz CT molecular complexity index is 227. The maximum atomic E-state index is 12.3. The summed E-state index contributed by atoms with van der Waals surface area (Å²) in [5, 5.41) is 0. The van der Waals surface area contributed by atoms with Gasteiger partial charge in [0.05, 0.1) is 0 Å². The topological polar surface area (TPSA) is 17.1 Å². The highest BCUT2D eigenvalue weighted by molar-refractivity contribution is 5.81. The molecule has 0 heterocycles. The Morgan fingerprint density at radius 3 is 1.88 bits per heavy atom. The third-order valence-electron chi connectivity index (χ3n) is 2.92. The smallest absolute Gasteiger partial charge is 0.136 e. The quantitative estimate of drug-likeness (QED) is 0.621. The Morgan fingerprint density at radius 2 is 1.53 bits per heavy atom. The highest BCUT2D eigenvalue weighted by atomic mass is 16.1. The molecule has 1 heteroatoms. The zero-order valence-corrected chi connectivity index (χ0v) is 13.0. The van der Waals surface area contributed by atoms with Gasteiger partial charge in [-0.1, -0.05) is 61.3 Å². The molecule has 0 aromatic heterocycles. The molecule has 0 N–H and O–H groups in total. The van der Waals surface area contributed by atoms with E-state index in [9.17, 15) is 4.79 Å². The molecule has 0 aliphatic carbocycles. The number of carbonyl (C=O) groups is 1. The number of ketones is 1. The molecule has 1 nitrogen and oxygen atoms in total. The van der Waals surface area contributed by atoms with Gasteiger partial charge < -0.3 is 0 Å². The van der Waals surface area contributed by atoms with Gasteiger partial charge in [-0.15, -0.1) is 0 Å². The second-order valence-electron chi connectivity index (χ2n) is 7.81. The first-order valence-electron chi connectivity index (χ1n) is 7.08. The zero-order chi connectivity index (χ0) is 13.7. The largest absolute Gasteiger partial charge is 0.299 e. The summed E-state index contributed by atoms with van der Waals surface area (Å²) in [5.74, 6) is 0.745. The molecule has 0 aromatic rings. The molecular weight excluding hydrogens is 208 g/mol. The molecule has 0 aliphatic heterocycles. The van der Waals surface area contributed by atoms with Gasteiger partial charge in [0.2, 0.25) is 0 Å². The van der Waals surface area contributed by atoms with Crippen LogP contribution in [0.4, 0.5) is 0 Å². The molecule has 102 valence electrons. The summed E-state index contributed by atoms with van der Waals surface area (Å²) in [4.78, 5) is 12.3. The van der Waals surface area contributed by atoms with Gasteiger partial charge in [-0.2, -0.15) is 0 Å². The van der Waals surface area contributed by atoms with E-state index in [0.717, 1.165) is 19.3 Å². The predicted molar refractivity (Wildman–Crippen MR) is 76.2 cm³/mol. The van der Waals surface area contributed by atoms with Gasteiger partial charge in [-0.05, 0) is 23.7 Å². The number of carbonyl (C=O) groups excluding carboxylic acids is 1. The number of rotatable bonds is 6. The van der Waals surface area contributed by atoms with Crippen molar-refractivity contribution < 1.29 is 4.79 Å². The molecule has 0 radical (unpaired) electrons. The molecule has 0 aliphatic rings. The van der Waals surface area contributed by atoms with E-state index in [1.807, 2.05) is 0 Å². The molecule has 0 rings (SSSR count). The molecule has 1 unspecified atom stereocenters. The zero-order valence-electron chi connectivity index (χ0n) is 13.0. The lowest BCUT2D eigenvalue weighted by Gasteiger charge is -2.27. The Balaban J connectivity index is 4.51. The first kappa shape index (κ1) is 16.7. The van der Waals surface area contributed by atoms with Gasteiger partial charge in [-0.3, -0.25) is 4.79 Å². The second kappa shape index (κ2) is 6.56. The van der Waals surface area contributed by atoms with Crippen LogP contribution in [0.5, 0.6) is 0 Å². The predicted octanol–water partition coefficient (Wildman–Crippen LogP) is 5.23. The first-order chi connectivity index (χ1) is 7.55. The molecule has 1 atom stereocenters. The number of Topliss-reactive ketones (excluding diaryl/α,β-unsaturated/α-hetero) is 1. The van der Waals surface area contributed by atoms with Crippen LogP contribution in [0.1, 0.15) is 80.6 Å². The van der Waals surface area contributed by atoms with Crippen LogP contribution in [0.15, 0.2) is 0 Å². The van der Waals surface area contributed by atoms with Crippen LogP contribution in [-0.4, -0.2) is 5.78 Å². The Hall–Kier alpha value is -0.330. The average Bonchev–Trinajstić information content (AvgIpc) is 2.07. The fourth-order valence-corrected chi connectivity index (χ4v) is 2.23. The van der Waals surface area contributed by atoms with Crippen LogP contribution in [0.3, 0.4) is 0 Å². The van der Waals surface area contributed by atoms with E-state index in [1.54, 1.807) is 0 Å². The normalized spacial score (nSPS) is 14.8. The van der Waals surface area contributed by atoms with Gasteiger partial charge >= 0.3 is 0 Å². The van der Waals surface area contributed by atoms with E-state index in [1.165, 1.54) is 12.8 Å². The minimum atomic E-state index is 0.124. The van der Waals surface area contributed by atoms with E-state index in [-0.39, 0.29) is 16.7 Å². The highest BCUT2D eigenvalue weighted by Gasteiger charge is 2.27. The van der Waals surface area contributed by atoms with Crippen molar-refractivity contribution >= 4 is 5.78 Å². The van der Waals surface area contributed by atoms with E-state index >= 15 is 0 Å². The summed E-state index contributed by atoms with van der Waals surface area (Å²) >= 11 is 0. The SMILES string of the molecule is CCCCC(CC(C)(C)C)C(=O)CC(C)(C)C. The minimum Gasteiger partial charge on any atom is -0.299 e. The van der Waals surface area contributed by atoms with Crippen LogP contribution < -0.4 is 0 Å². The lowest BCUT2D eigenvalue weighted by Crippen LogP contribution is -2.25. The van der Waals surface area contributed by atoms with Crippen LogP contribution in [0, 0.1) is 16.7 Å². The third-order valence-corrected chi connectivity index (χ3v) is 2.92. The van der Waals surface area contributed by atoms with E-state index in [0.29, 0.717) is 5.78 Å². The van der Waals surface area contributed by atoms with E-state index in [4.69, 9.17) is 0 Å². The van der Waals surface area contributed by atoms with Gasteiger partial charge in [0.25, 0.3) is 0 Å². The first-order valence-corrected chi connectivity index (χ1v) is 7.08. The fraction of sp³-hybridized carbons (Fsp3) is 0.938. The highest BCUT2D eigenvalue weighted by Crippen LogP contribution is 2.31. The van der Waals surface area contributed by atoms with Crippen molar-refractivity contribution in [2.75, 3.05) is 0 Å². The second-order valence-corrected chi connectivity index (χ2v) is 7.81. The van der Waals surface area contributed by atoms with Crippen molar-refractivity contribution in [2.24, 2.45) is 16.7 Å². The number of unbranched alkanes of at least 4 members (excludes halogenated alkanes) is 1. The molecule has 0 amide bonds. The molecule has 0 fully saturated rings. The lowest BCUT2D eigenvalue weighted by atomic mass is 9.77. The summed E-state index contributed by atoms with van der Waals surface area (Å²) in [7, 11) is 0. The molecule has 0 saturated heterocycles. The molecular formula is C16H32O. The Labute approximate surface area is 108 Å². The van der Waals surface area contributed by atoms with Crippen molar-refractivity contribution in [3.8, 4) is 0 Å². The standard InChI is InChI=1S/C16H32O/c1-8-9-10-13(11-15(2,3)4)14(17)12-16(5,6)7/h13H,8-12H2,1-7H3. The maximum Gasteiger partial charge on any atom is 0.136 e. The van der Waals surface area contributed by atoms with Crippen LogP contribution in [0.2, 0.25) is 0 Å². The van der Waals surface area contributed by atoms with E-state index < -0.39 is 0 Å². The average molecular weight is 240 g/mol. The van der Waals surface area contributed by atoms with Crippen molar-refractivity contribution in [3.05, 3.63) is 0 Å². The number of hydrogen-bond acceptors (Lipinski definition) is 1. The fourth-order valence-electron chi connectivity index (χ4n) is 2.23. The monoisotopic (exact) mass is 240 g/mol. The number of hydrogen-bond donors (Lipinski definition) is 0. The van der Waals surface area contributed by atoms with Crippen molar-refractivity contribution in [1.29, 1.82) is 0 Å². The lowest BCUT2D eigenvalue weighted by molar-refractivity contribution is -0.125. The Morgan fingerprint density at radius 1 is 1.00 bits per heavy atom. The van der Waals surface area contributed by atoms with Gasteiger partial charge in [-0.25, -0.2) is 0 Å². The summed E-state index contributed by atoms with van der Waals surface area (Å²) in [6.45, 7) is 15.3. The minimum absolute atomic E-state index is 0.124.